The van der Waals surface area contributed by atoms with E-state index in [1.165, 1.54) is 12.1 Å². The van der Waals surface area contributed by atoms with Gasteiger partial charge in [0.05, 0.1) is 4.90 Å². The lowest BCUT2D eigenvalue weighted by molar-refractivity contribution is 0.0751. The van der Waals surface area contributed by atoms with Crippen LogP contribution in [0.1, 0.15) is 42.6 Å². The fraction of sp³-hybridized carbons (Fsp3) is 0.500. The maximum Gasteiger partial charge on any atom is 0.261 e. The van der Waals surface area contributed by atoms with Gasteiger partial charge in [-0.1, -0.05) is 13.0 Å². The Labute approximate surface area is 124 Å². The van der Waals surface area contributed by atoms with Gasteiger partial charge in [-0.3, -0.25) is 4.79 Å². The molecule has 0 radical (unpaired) electrons. The van der Waals surface area contributed by atoms with Crippen molar-refractivity contribution in [2.75, 3.05) is 6.54 Å². The van der Waals surface area contributed by atoms with Gasteiger partial charge in [0.1, 0.15) is 0 Å². The van der Waals surface area contributed by atoms with E-state index in [1.807, 2.05) is 13.8 Å². The Morgan fingerprint density at radius 2 is 2.00 bits per heavy atom. The lowest BCUT2D eigenvalue weighted by Crippen LogP contribution is -2.33. The second-order valence-corrected chi connectivity index (χ2v) is 7.50. The fourth-order valence-electron chi connectivity index (χ4n) is 2.32. The standard InChI is InChI=1S/C14H18ClNO3S/c1-3-10-5-8-12(20(15,18)19)9-13(10)14(17)16(4-2)11-6-7-11/h5,8-9,11H,3-4,6-7H2,1-2H3. The number of nitrogens with zero attached hydrogens (tertiary/aromatic N) is 1. The Kier molecular flexibility index (Phi) is 4.39. The third-order valence-electron chi connectivity index (χ3n) is 3.56. The summed E-state index contributed by atoms with van der Waals surface area (Å²) in [6, 6.07) is 4.82. The molecule has 4 nitrogen and oxygen atoms in total. The van der Waals surface area contributed by atoms with Crippen LogP contribution >= 0.6 is 10.7 Å². The Hall–Kier alpha value is -1.07. The van der Waals surface area contributed by atoms with E-state index in [9.17, 15) is 13.2 Å². The summed E-state index contributed by atoms with van der Waals surface area (Å²) in [7, 11) is 1.55. The number of benzene rings is 1. The largest absolute Gasteiger partial charge is 0.336 e. The van der Waals surface area contributed by atoms with Crippen molar-refractivity contribution in [2.24, 2.45) is 0 Å². The molecule has 0 aliphatic heterocycles. The first-order valence-corrected chi connectivity index (χ1v) is 9.08. The lowest BCUT2D eigenvalue weighted by Gasteiger charge is -2.22. The molecule has 20 heavy (non-hydrogen) atoms. The molecule has 1 aromatic carbocycles. The van der Waals surface area contributed by atoms with Crippen molar-refractivity contribution in [3.8, 4) is 0 Å². The van der Waals surface area contributed by atoms with Crippen LogP contribution in [0.5, 0.6) is 0 Å². The van der Waals surface area contributed by atoms with Crippen LogP contribution in [0.25, 0.3) is 0 Å². The van der Waals surface area contributed by atoms with Gasteiger partial charge in [-0.15, -0.1) is 0 Å². The topological polar surface area (TPSA) is 54.5 Å². The van der Waals surface area contributed by atoms with Crippen molar-refractivity contribution in [3.05, 3.63) is 29.3 Å². The summed E-state index contributed by atoms with van der Waals surface area (Å²) in [4.78, 5) is 14.4. The van der Waals surface area contributed by atoms with Gasteiger partial charge < -0.3 is 4.90 Å². The van der Waals surface area contributed by atoms with E-state index in [2.05, 4.69) is 0 Å². The summed E-state index contributed by atoms with van der Waals surface area (Å²) < 4.78 is 22.9. The first-order valence-electron chi connectivity index (χ1n) is 6.77. The van der Waals surface area contributed by atoms with Crippen LogP contribution < -0.4 is 0 Å². The second-order valence-electron chi connectivity index (χ2n) is 4.93. The molecule has 6 heteroatoms. The molecule has 1 aliphatic carbocycles. The number of halogens is 1. The number of aryl methyl sites for hydroxylation is 1. The number of hydrogen-bond donors (Lipinski definition) is 0. The number of amides is 1. The van der Waals surface area contributed by atoms with Gasteiger partial charge >= 0.3 is 0 Å². The third kappa shape index (κ3) is 3.15. The molecule has 0 atom stereocenters. The van der Waals surface area contributed by atoms with Gasteiger partial charge in [0.2, 0.25) is 0 Å². The zero-order chi connectivity index (χ0) is 14.9. The molecule has 0 bridgehead atoms. The molecular weight excluding hydrogens is 298 g/mol. The molecule has 1 saturated carbocycles. The Morgan fingerprint density at radius 3 is 2.45 bits per heavy atom. The van der Waals surface area contributed by atoms with Crippen molar-refractivity contribution >= 4 is 25.6 Å². The third-order valence-corrected chi connectivity index (χ3v) is 4.91. The predicted molar refractivity (Wildman–Crippen MR) is 78.6 cm³/mol. The van der Waals surface area contributed by atoms with Crippen LogP contribution in [0.15, 0.2) is 23.1 Å². The molecule has 0 unspecified atom stereocenters. The summed E-state index contributed by atoms with van der Waals surface area (Å²) in [5.74, 6) is -0.103. The maximum absolute atomic E-state index is 12.6. The molecule has 0 aromatic heterocycles. The monoisotopic (exact) mass is 315 g/mol. The molecule has 1 aromatic rings. The average molecular weight is 316 g/mol. The van der Waals surface area contributed by atoms with Gasteiger partial charge in [-0.05, 0) is 43.9 Å². The second kappa shape index (κ2) is 5.74. The Morgan fingerprint density at radius 1 is 1.35 bits per heavy atom. The molecule has 2 rings (SSSR count). The number of hydrogen-bond acceptors (Lipinski definition) is 3. The first-order chi connectivity index (χ1) is 9.38. The normalized spacial score (nSPS) is 15.2. The van der Waals surface area contributed by atoms with Gasteiger partial charge in [-0.25, -0.2) is 8.42 Å². The number of carbonyl (C=O) groups excluding carboxylic acids is 1. The molecule has 0 N–H and O–H groups in total. The quantitative estimate of drug-likeness (QED) is 0.785. The number of carbonyl (C=O) groups is 1. The minimum absolute atomic E-state index is 0.0217. The van der Waals surface area contributed by atoms with Crippen LogP contribution in [-0.4, -0.2) is 31.8 Å². The van der Waals surface area contributed by atoms with E-state index in [-0.39, 0.29) is 10.8 Å². The molecular formula is C14H18ClNO3S. The summed E-state index contributed by atoms with van der Waals surface area (Å²) >= 11 is 0. The molecule has 1 aliphatic rings. The van der Waals surface area contributed by atoms with Crippen molar-refractivity contribution in [3.63, 3.8) is 0 Å². The average Bonchev–Trinajstić information content (AvgIpc) is 3.22. The minimum atomic E-state index is -3.82. The van der Waals surface area contributed by atoms with E-state index in [0.717, 1.165) is 18.4 Å². The number of rotatable bonds is 5. The summed E-state index contributed by atoms with van der Waals surface area (Å²) in [5, 5.41) is 0. The van der Waals surface area contributed by atoms with Crippen molar-refractivity contribution in [1.29, 1.82) is 0 Å². The van der Waals surface area contributed by atoms with E-state index in [4.69, 9.17) is 10.7 Å². The van der Waals surface area contributed by atoms with Gasteiger partial charge in [0.15, 0.2) is 0 Å². The zero-order valence-electron chi connectivity index (χ0n) is 11.6. The molecule has 1 fully saturated rings. The van der Waals surface area contributed by atoms with E-state index >= 15 is 0 Å². The molecule has 1 amide bonds. The predicted octanol–water partition coefficient (Wildman–Crippen LogP) is 2.80. The van der Waals surface area contributed by atoms with E-state index in [1.54, 1.807) is 11.0 Å². The highest BCUT2D eigenvalue weighted by atomic mass is 35.7. The molecule has 110 valence electrons. The lowest BCUT2D eigenvalue weighted by atomic mass is 10.0. The minimum Gasteiger partial charge on any atom is -0.336 e. The Bertz CT molecular complexity index is 623. The summed E-state index contributed by atoms with van der Waals surface area (Å²) in [5.41, 5.74) is 1.29. The SMILES string of the molecule is CCc1ccc(S(=O)(=O)Cl)cc1C(=O)N(CC)C1CC1. The van der Waals surface area contributed by atoms with Crippen LogP contribution in [0.3, 0.4) is 0 Å². The van der Waals surface area contributed by atoms with Crippen LogP contribution in [-0.2, 0) is 15.5 Å². The van der Waals surface area contributed by atoms with Crippen LogP contribution in [0.4, 0.5) is 0 Å². The van der Waals surface area contributed by atoms with Crippen molar-refractivity contribution in [2.45, 2.75) is 44.0 Å². The first kappa shape index (κ1) is 15.3. The van der Waals surface area contributed by atoms with E-state index in [0.29, 0.717) is 24.6 Å². The highest BCUT2D eigenvalue weighted by Crippen LogP contribution is 2.29. The summed E-state index contributed by atoms with van der Waals surface area (Å²) in [6.07, 6.45) is 2.72. The molecule has 0 spiro atoms. The fourth-order valence-corrected chi connectivity index (χ4v) is 3.10. The zero-order valence-corrected chi connectivity index (χ0v) is 13.2. The van der Waals surface area contributed by atoms with Crippen LogP contribution in [0.2, 0.25) is 0 Å². The van der Waals surface area contributed by atoms with Gasteiger partial charge in [0.25, 0.3) is 15.0 Å². The smallest absolute Gasteiger partial charge is 0.261 e. The van der Waals surface area contributed by atoms with E-state index < -0.39 is 9.05 Å². The van der Waals surface area contributed by atoms with Crippen molar-refractivity contribution < 1.29 is 13.2 Å². The highest BCUT2D eigenvalue weighted by molar-refractivity contribution is 8.13. The van der Waals surface area contributed by atoms with Gasteiger partial charge in [0, 0.05) is 28.8 Å². The summed E-state index contributed by atoms with van der Waals surface area (Å²) in [6.45, 7) is 4.50. The molecule has 0 heterocycles. The van der Waals surface area contributed by atoms with Crippen LogP contribution in [0, 0.1) is 0 Å². The highest BCUT2D eigenvalue weighted by Gasteiger charge is 2.32. The van der Waals surface area contributed by atoms with Gasteiger partial charge in [-0.2, -0.15) is 0 Å². The Balaban J connectivity index is 2.44. The molecule has 0 saturated heterocycles. The maximum atomic E-state index is 12.6. The van der Waals surface area contributed by atoms with Crippen molar-refractivity contribution in [1.82, 2.24) is 4.90 Å².